The van der Waals surface area contributed by atoms with Crippen LogP contribution in [0.15, 0.2) is 36.6 Å². The second kappa shape index (κ2) is 10.9. The average molecular weight is 617 g/mol. The molecule has 13 nitrogen and oxygen atoms in total. The van der Waals surface area contributed by atoms with E-state index in [9.17, 15) is 22.4 Å². The number of carbonyl (C=O) groups is 1. The fourth-order valence-corrected chi connectivity index (χ4v) is 5.48. The van der Waals surface area contributed by atoms with E-state index in [1.165, 1.54) is 22.5 Å². The molecule has 0 spiro atoms. The molecule has 1 amide bonds. The van der Waals surface area contributed by atoms with E-state index in [0.717, 1.165) is 4.57 Å². The molecule has 0 atom stereocenters. The van der Waals surface area contributed by atoms with Crippen molar-refractivity contribution in [3.63, 3.8) is 0 Å². The second-order valence-electron chi connectivity index (χ2n) is 9.76. The van der Waals surface area contributed by atoms with Crippen molar-refractivity contribution >= 4 is 32.2 Å². The number of nitrogens with zero attached hydrogens (tertiary/aromatic N) is 5. The number of benzene rings is 1. The standard InChI is InChI=1S/C22H26BrFN6O7S/c1-22(2,3)35-20(31)28-38(33,34)29-10-8-13(9-11-29)4-7-17-18(26-37-25-17)19-27-36-21(32)30(19)14-5-6-16(24)15(23)12-14/h5-6,12-13H,4,7-11H2,1-3H3,(H,28,31). The van der Waals surface area contributed by atoms with Crippen molar-refractivity contribution in [2.45, 2.75) is 52.1 Å². The Balaban J connectivity index is 1.39. The Bertz CT molecular complexity index is 1470. The van der Waals surface area contributed by atoms with Gasteiger partial charge in [-0.2, -0.15) is 12.7 Å². The van der Waals surface area contributed by atoms with E-state index in [1.54, 1.807) is 20.8 Å². The summed E-state index contributed by atoms with van der Waals surface area (Å²) in [6.45, 7) is 5.39. The van der Waals surface area contributed by atoms with Gasteiger partial charge in [0.25, 0.3) is 0 Å². The fourth-order valence-electron chi connectivity index (χ4n) is 4.04. The topological polar surface area (TPSA) is 163 Å². The summed E-state index contributed by atoms with van der Waals surface area (Å²) in [5.41, 5.74) is 0.132. The Morgan fingerprint density at radius 2 is 1.95 bits per heavy atom. The van der Waals surface area contributed by atoms with Gasteiger partial charge in [-0.1, -0.05) is 10.3 Å². The number of aromatic nitrogens is 4. The molecule has 1 saturated heterocycles. The summed E-state index contributed by atoms with van der Waals surface area (Å²) in [5.74, 6) is -1.07. The van der Waals surface area contributed by atoms with Gasteiger partial charge in [-0.15, -0.1) is 0 Å². The van der Waals surface area contributed by atoms with Crippen LogP contribution in [0.25, 0.3) is 17.2 Å². The molecule has 3 heterocycles. The van der Waals surface area contributed by atoms with Gasteiger partial charge in [-0.3, -0.25) is 4.52 Å². The molecule has 0 radical (unpaired) electrons. The van der Waals surface area contributed by atoms with Crippen molar-refractivity contribution in [3.05, 3.63) is 44.7 Å². The minimum absolute atomic E-state index is 0.0545. The Labute approximate surface area is 225 Å². The Morgan fingerprint density at radius 1 is 1.24 bits per heavy atom. The smallest absolute Gasteiger partial charge is 0.443 e. The van der Waals surface area contributed by atoms with Gasteiger partial charge in [0.05, 0.1) is 10.2 Å². The Morgan fingerprint density at radius 3 is 2.61 bits per heavy atom. The maximum atomic E-state index is 13.7. The largest absolute Gasteiger partial charge is 0.446 e. The van der Waals surface area contributed by atoms with Gasteiger partial charge in [0.2, 0.25) is 5.82 Å². The van der Waals surface area contributed by atoms with Crippen molar-refractivity contribution in [1.82, 2.24) is 29.1 Å². The van der Waals surface area contributed by atoms with E-state index >= 15 is 0 Å². The summed E-state index contributed by atoms with van der Waals surface area (Å²) in [5, 5.41) is 11.7. The van der Waals surface area contributed by atoms with Crippen LogP contribution in [-0.2, 0) is 21.4 Å². The highest BCUT2D eigenvalue weighted by Crippen LogP contribution is 2.28. The van der Waals surface area contributed by atoms with E-state index in [2.05, 4.69) is 31.4 Å². The first-order chi connectivity index (χ1) is 17.8. The van der Waals surface area contributed by atoms with Crippen molar-refractivity contribution < 1.29 is 31.5 Å². The van der Waals surface area contributed by atoms with Gasteiger partial charge in [0, 0.05) is 13.1 Å². The van der Waals surface area contributed by atoms with Crippen LogP contribution in [-0.4, -0.2) is 57.5 Å². The molecule has 1 fully saturated rings. The van der Waals surface area contributed by atoms with Gasteiger partial charge in [0.15, 0.2) is 5.69 Å². The molecule has 0 unspecified atom stereocenters. The van der Waals surface area contributed by atoms with Crippen molar-refractivity contribution in [3.8, 4) is 17.2 Å². The normalized spacial score (nSPS) is 15.5. The van der Waals surface area contributed by atoms with Gasteiger partial charge in [0.1, 0.15) is 17.1 Å². The molecule has 2 aromatic heterocycles. The summed E-state index contributed by atoms with van der Waals surface area (Å²) >= 11 is 3.10. The first-order valence-electron chi connectivity index (χ1n) is 11.7. The minimum Gasteiger partial charge on any atom is -0.443 e. The fraction of sp³-hybridized carbons (Fsp3) is 0.500. The number of hydrogen-bond acceptors (Lipinski definition) is 10. The number of halogens is 2. The van der Waals surface area contributed by atoms with Crippen molar-refractivity contribution in [2.75, 3.05) is 13.1 Å². The molecule has 0 aliphatic carbocycles. The third kappa shape index (κ3) is 6.47. The van der Waals surface area contributed by atoms with Gasteiger partial charge in [-0.05, 0) is 91.7 Å². The van der Waals surface area contributed by atoms with Crippen LogP contribution in [0, 0.1) is 11.7 Å². The maximum Gasteiger partial charge on any atom is 0.446 e. The number of ether oxygens (including phenoxy) is 1. The highest BCUT2D eigenvalue weighted by Gasteiger charge is 2.31. The number of aryl methyl sites for hydroxylation is 1. The average Bonchev–Trinajstić information content (AvgIpc) is 3.44. The number of hydrogen-bond donors (Lipinski definition) is 1. The number of nitrogens with one attached hydrogen (secondary N) is 1. The predicted molar refractivity (Wildman–Crippen MR) is 134 cm³/mol. The number of amides is 1. The zero-order valence-corrected chi connectivity index (χ0v) is 23.2. The van der Waals surface area contributed by atoms with Crippen molar-refractivity contribution in [1.29, 1.82) is 0 Å². The Kier molecular flexibility index (Phi) is 8.04. The first kappa shape index (κ1) is 27.9. The molecule has 1 N–H and O–H groups in total. The van der Waals surface area contributed by atoms with Crippen LogP contribution in [0.1, 0.15) is 45.7 Å². The highest BCUT2D eigenvalue weighted by molar-refractivity contribution is 9.10. The molecule has 0 bridgehead atoms. The summed E-state index contributed by atoms with van der Waals surface area (Å²) in [4.78, 5) is 24.3. The summed E-state index contributed by atoms with van der Waals surface area (Å²) < 4.78 is 58.0. The molecule has 3 aromatic rings. The summed E-state index contributed by atoms with van der Waals surface area (Å²) in [6.07, 6.45) is 1.16. The van der Waals surface area contributed by atoms with E-state index in [1.807, 2.05) is 4.72 Å². The lowest BCUT2D eigenvalue weighted by molar-refractivity contribution is 0.0566. The first-order valence-corrected chi connectivity index (χ1v) is 13.9. The minimum atomic E-state index is -4.02. The highest BCUT2D eigenvalue weighted by atomic mass is 79.9. The molecule has 4 rings (SSSR count). The lowest BCUT2D eigenvalue weighted by atomic mass is 9.92. The second-order valence-corrected chi connectivity index (χ2v) is 12.3. The number of carbonyl (C=O) groups excluding carboxylic acids is 1. The number of piperidine rings is 1. The van der Waals surface area contributed by atoms with Crippen LogP contribution >= 0.6 is 15.9 Å². The zero-order valence-electron chi connectivity index (χ0n) is 20.8. The van der Waals surface area contributed by atoms with Crippen LogP contribution < -0.4 is 10.5 Å². The molecule has 206 valence electrons. The molecular weight excluding hydrogens is 591 g/mol. The molecule has 16 heteroatoms. The third-order valence-corrected chi connectivity index (χ3v) is 7.93. The van der Waals surface area contributed by atoms with Gasteiger partial charge >= 0.3 is 22.1 Å². The quantitative estimate of drug-likeness (QED) is 0.417. The summed E-state index contributed by atoms with van der Waals surface area (Å²) in [7, 11) is -4.02. The zero-order chi connectivity index (χ0) is 27.7. The lowest BCUT2D eigenvalue weighted by Crippen LogP contribution is -2.48. The van der Waals surface area contributed by atoms with Crippen LogP contribution in [0.2, 0.25) is 0 Å². The van der Waals surface area contributed by atoms with Crippen LogP contribution in [0.4, 0.5) is 9.18 Å². The van der Waals surface area contributed by atoms with E-state index in [0.29, 0.717) is 37.1 Å². The predicted octanol–water partition coefficient (Wildman–Crippen LogP) is 3.19. The van der Waals surface area contributed by atoms with Crippen LogP contribution in [0.3, 0.4) is 0 Å². The number of rotatable bonds is 7. The van der Waals surface area contributed by atoms with Crippen molar-refractivity contribution in [2.24, 2.45) is 5.92 Å². The molecule has 38 heavy (non-hydrogen) atoms. The monoisotopic (exact) mass is 616 g/mol. The SMILES string of the molecule is CC(C)(C)OC(=O)NS(=O)(=O)N1CCC(CCc2nonc2-c2noc(=O)n2-c2ccc(F)c(Br)c2)CC1. The van der Waals surface area contributed by atoms with E-state index < -0.39 is 33.5 Å². The third-order valence-electron chi connectivity index (χ3n) is 5.85. The van der Waals surface area contributed by atoms with E-state index in [4.69, 9.17) is 13.9 Å². The molecule has 1 aliphatic rings. The molecule has 1 aliphatic heterocycles. The van der Waals surface area contributed by atoms with Crippen LogP contribution in [0.5, 0.6) is 0 Å². The summed E-state index contributed by atoms with van der Waals surface area (Å²) in [6, 6.07) is 4.00. The van der Waals surface area contributed by atoms with Gasteiger partial charge < -0.3 is 4.74 Å². The lowest BCUT2D eigenvalue weighted by Gasteiger charge is -2.31. The van der Waals surface area contributed by atoms with Gasteiger partial charge in [-0.25, -0.2) is 27.9 Å². The molecule has 1 aromatic carbocycles. The maximum absolute atomic E-state index is 13.7. The molecular formula is C22H26BrFN6O7S. The molecule has 0 saturated carbocycles. The van der Waals surface area contributed by atoms with E-state index in [-0.39, 0.29) is 35.0 Å². The Hall–Kier alpha value is -3.11.